The topological polar surface area (TPSA) is 73.8 Å². The van der Waals surface area contributed by atoms with Crippen molar-refractivity contribution in [1.82, 2.24) is 0 Å². The highest BCUT2D eigenvalue weighted by Gasteiger charge is 2.67. The minimum atomic E-state index is -1.44. The number of hydrogen-bond acceptors (Lipinski definition) is 5. The number of anilines is 2. The molecule has 0 radical (unpaired) electrons. The van der Waals surface area contributed by atoms with Crippen molar-refractivity contribution in [2.24, 2.45) is 5.92 Å². The van der Waals surface area contributed by atoms with Gasteiger partial charge in [-0.25, -0.2) is 0 Å². The second-order valence-corrected chi connectivity index (χ2v) is 9.97. The van der Waals surface area contributed by atoms with E-state index in [2.05, 4.69) is 49.8 Å². The van der Waals surface area contributed by atoms with Gasteiger partial charge < -0.3 is 25.6 Å². The van der Waals surface area contributed by atoms with E-state index in [-0.39, 0.29) is 11.7 Å². The number of halogens is 2. The van der Waals surface area contributed by atoms with Gasteiger partial charge in [0.25, 0.3) is 0 Å². The number of phenols is 1. The molecule has 1 aliphatic carbocycles. The summed E-state index contributed by atoms with van der Waals surface area (Å²) in [5, 5.41) is 29.1. The second-order valence-electron chi connectivity index (χ2n) is 9.09. The van der Waals surface area contributed by atoms with Crippen LogP contribution in [0.1, 0.15) is 35.1 Å². The zero-order valence-electron chi connectivity index (χ0n) is 20.5. The van der Waals surface area contributed by atoms with Gasteiger partial charge >= 0.3 is 0 Å². The number of rotatable bonds is 9. The van der Waals surface area contributed by atoms with Crippen molar-refractivity contribution in [1.29, 1.82) is 0 Å². The van der Waals surface area contributed by atoms with Crippen LogP contribution in [0.2, 0.25) is 10.0 Å². The van der Waals surface area contributed by atoms with E-state index in [0.717, 1.165) is 17.7 Å². The van der Waals surface area contributed by atoms with Crippen LogP contribution in [0, 0.1) is 12.8 Å². The molecule has 0 aromatic heterocycles. The van der Waals surface area contributed by atoms with E-state index in [4.69, 9.17) is 27.9 Å². The molecule has 0 aliphatic heterocycles. The fourth-order valence-corrected chi connectivity index (χ4v) is 5.28. The largest absolute Gasteiger partial charge is 0.507 e. The Labute approximate surface area is 222 Å². The number of ether oxygens (including phenoxy) is 1. The summed E-state index contributed by atoms with van der Waals surface area (Å²) in [6.07, 6.45) is 0.929. The van der Waals surface area contributed by atoms with Crippen molar-refractivity contribution in [2.75, 3.05) is 17.7 Å². The fourth-order valence-electron chi connectivity index (χ4n) is 4.73. The van der Waals surface area contributed by atoms with Crippen molar-refractivity contribution in [3.8, 4) is 5.75 Å². The lowest BCUT2D eigenvalue weighted by molar-refractivity contribution is -0.114. The van der Waals surface area contributed by atoms with Gasteiger partial charge in [-0.05, 0) is 78.6 Å². The zero-order valence-corrected chi connectivity index (χ0v) is 22.0. The molecular weight excluding hydrogens is 495 g/mol. The Morgan fingerprint density at radius 2 is 1.64 bits per heavy atom. The Balaban J connectivity index is 1.53. The minimum absolute atomic E-state index is 0.0951. The van der Waals surface area contributed by atoms with Crippen LogP contribution in [-0.2, 0) is 11.2 Å². The molecule has 1 saturated carbocycles. The van der Waals surface area contributed by atoms with E-state index >= 15 is 0 Å². The molecule has 5 nitrogen and oxygen atoms in total. The highest BCUT2D eigenvalue weighted by Crippen LogP contribution is 2.61. The summed E-state index contributed by atoms with van der Waals surface area (Å²) < 4.78 is 5.45. The molecule has 3 aromatic carbocycles. The predicted octanol–water partition coefficient (Wildman–Crippen LogP) is 7.33. The molecule has 3 atom stereocenters. The number of aliphatic hydroxyl groups is 1. The lowest BCUT2D eigenvalue weighted by Crippen LogP contribution is -2.17. The first-order chi connectivity index (χ1) is 17.1. The summed E-state index contributed by atoms with van der Waals surface area (Å²) in [5.74, 6) is -2.17. The highest BCUT2D eigenvalue weighted by atomic mass is 35.5. The zero-order chi connectivity index (χ0) is 26.2. The molecule has 188 valence electrons. The Morgan fingerprint density at radius 3 is 2.28 bits per heavy atom. The smallest absolute Gasteiger partial charge is 0.182 e. The Bertz CT molecular complexity index is 1320. The lowest BCUT2D eigenvalue weighted by Gasteiger charge is -2.16. The first kappa shape index (κ1) is 26.1. The molecule has 7 heteroatoms. The lowest BCUT2D eigenvalue weighted by atomic mass is 10.0. The van der Waals surface area contributed by atoms with Gasteiger partial charge in [0.2, 0.25) is 0 Å². The van der Waals surface area contributed by atoms with E-state index in [9.17, 15) is 10.2 Å². The van der Waals surface area contributed by atoms with Gasteiger partial charge in [-0.1, -0.05) is 49.3 Å². The van der Waals surface area contributed by atoms with Crippen LogP contribution in [0.15, 0.2) is 73.5 Å². The molecule has 0 spiro atoms. The van der Waals surface area contributed by atoms with Gasteiger partial charge in [-0.2, -0.15) is 0 Å². The van der Waals surface area contributed by atoms with E-state index in [1.165, 1.54) is 18.2 Å². The normalized spacial score (nSPS) is 20.6. The monoisotopic (exact) mass is 524 g/mol. The number of methoxy groups -OCH3 is 1. The average Bonchev–Trinajstić information content (AvgIpc) is 3.47. The van der Waals surface area contributed by atoms with E-state index in [1.807, 2.05) is 6.07 Å². The number of nitrogens with one attached hydrogen (secondary N) is 2. The van der Waals surface area contributed by atoms with Crippen LogP contribution in [0.3, 0.4) is 0 Å². The summed E-state index contributed by atoms with van der Waals surface area (Å²) in [7, 11) is 1.45. The third kappa shape index (κ3) is 5.11. The first-order valence-electron chi connectivity index (χ1n) is 11.7. The third-order valence-corrected chi connectivity index (χ3v) is 7.15. The van der Waals surface area contributed by atoms with Crippen LogP contribution in [0.25, 0.3) is 5.70 Å². The van der Waals surface area contributed by atoms with Gasteiger partial charge in [0.05, 0.1) is 11.8 Å². The predicted molar refractivity (Wildman–Crippen MR) is 149 cm³/mol. The van der Waals surface area contributed by atoms with Crippen molar-refractivity contribution in [2.45, 2.75) is 32.0 Å². The SMILES string of the molecule is C=C(Nc1ccc(C)c(CC)c1)c1cc(NC(=C)C2C(c3cc(Cl)cc(Cl)c3)C2(O)OC)ccc1O. The fraction of sp³-hybridized carbons (Fsp3) is 0.241. The number of hydrogen-bond donors (Lipinski definition) is 4. The van der Waals surface area contributed by atoms with Crippen LogP contribution in [-0.4, -0.2) is 23.1 Å². The van der Waals surface area contributed by atoms with Crippen LogP contribution >= 0.6 is 23.2 Å². The number of benzene rings is 3. The molecule has 36 heavy (non-hydrogen) atoms. The number of phenolic OH excluding ortho intramolecular Hbond substituents is 1. The quantitative estimate of drug-likeness (QED) is 0.174. The Hall–Kier alpha value is -2.96. The standard InChI is InChI=1S/C29H30Cl2N2O3/c1-6-19-13-23(8-7-16(19)2)32-17(3)25-15-24(9-10-26(25)34)33-18(4)27-28(29(27,35)36-5)20-11-21(30)14-22(31)12-20/h7-15,27-28,32-35H,3-4,6H2,1-2,5H3. The molecule has 1 fully saturated rings. The van der Waals surface area contributed by atoms with Crippen LogP contribution in [0.4, 0.5) is 11.4 Å². The summed E-state index contributed by atoms with van der Waals surface area (Å²) in [6, 6.07) is 16.4. The van der Waals surface area contributed by atoms with Gasteiger partial charge in [0.1, 0.15) is 5.75 Å². The Kier molecular flexibility index (Phi) is 7.39. The molecule has 4 rings (SSSR count). The molecule has 3 aromatic rings. The molecule has 3 unspecified atom stereocenters. The Morgan fingerprint density at radius 1 is 1.00 bits per heavy atom. The maximum Gasteiger partial charge on any atom is 0.182 e. The summed E-state index contributed by atoms with van der Waals surface area (Å²) in [6.45, 7) is 12.5. The maximum absolute atomic E-state index is 11.1. The summed E-state index contributed by atoms with van der Waals surface area (Å²) in [5.41, 5.74) is 6.48. The van der Waals surface area contributed by atoms with E-state index < -0.39 is 11.7 Å². The van der Waals surface area contributed by atoms with E-state index in [0.29, 0.717) is 32.7 Å². The summed E-state index contributed by atoms with van der Waals surface area (Å²) >= 11 is 12.4. The molecular formula is C29H30Cl2N2O3. The summed E-state index contributed by atoms with van der Waals surface area (Å²) in [4.78, 5) is 0. The average molecular weight is 525 g/mol. The highest BCUT2D eigenvalue weighted by molar-refractivity contribution is 6.34. The van der Waals surface area contributed by atoms with Crippen molar-refractivity contribution in [3.63, 3.8) is 0 Å². The van der Waals surface area contributed by atoms with E-state index in [1.54, 1.807) is 36.4 Å². The molecule has 0 bridgehead atoms. The molecule has 4 N–H and O–H groups in total. The van der Waals surface area contributed by atoms with Gasteiger partial charge in [0, 0.05) is 45.5 Å². The third-order valence-electron chi connectivity index (χ3n) is 6.71. The van der Waals surface area contributed by atoms with Crippen LogP contribution < -0.4 is 10.6 Å². The number of aryl methyl sites for hydroxylation is 2. The van der Waals surface area contributed by atoms with Gasteiger partial charge in [-0.15, -0.1) is 0 Å². The first-order valence-corrected chi connectivity index (χ1v) is 12.4. The van der Waals surface area contributed by atoms with Crippen LogP contribution in [0.5, 0.6) is 5.75 Å². The van der Waals surface area contributed by atoms with Crippen molar-refractivity contribution in [3.05, 3.63) is 106 Å². The minimum Gasteiger partial charge on any atom is -0.507 e. The molecule has 0 heterocycles. The van der Waals surface area contributed by atoms with Crippen molar-refractivity contribution < 1.29 is 14.9 Å². The maximum atomic E-state index is 11.1. The molecule has 1 aliphatic rings. The van der Waals surface area contributed by atoms with Gasteiger partial charge in [-0.3, -0.25) is 0 Å². The molecule has 0 saturated heterocycles. The van der Waals surface area contributed by atoms with Gasteiger partial charge in [0.15, 0.2) is 5.79 Å². The second kappa shape index (κ2) is 10.2. The molecule has 0 amide bonds. The van der Waals surface area contributed by atoms with Crippen molar-refractivity contribution >= 4 is 40.3 Å². The number of aromatic hydroxyl groups is 1.